The maximum Gasteiger partial charge on any atom is 0.275 e. The Kier molecular flexibility index (Phi) is 7.25. The van der Waals surface area contributed by atoms with Crippen molar-refractivity contribution in [1.82, 2.24) is 4.98 Å². The lowest BCUT2D eigenvalue weighted by molar-refractivity contribution is -0.385. The van der Waals surface area contributed by atoms with Crippen LogP contribution in [0.15, 0.2) is 17.2 Å². The predicted molar refractivity (Wildman–Crippen MR) is 79.9 cm³/mol. The van der Waals surface area contributed by atoms with E-state index in [-0.39, 0.29) is 10.6 Å². The first-order chi connectivity index (χ1) is 9.17. The molecular weight excluding hydrogens is 262 g/mol. The highest BCUT2D eigenvalue weighted by Crippen LogP contribution is 2.25. The van der Waals surface area contributed by atoms with Gasteiger partial charge in [-0.3, -0.25) is 10.1 Å². The van der Waals surface area contributed by atoms with Gasteiger partial charge in [-0.25, -0.2) is 4.98 Å². The van der Waals surface area contributed by atoms with E-state index in [9.17, 15) is 10.1 Å². The Bertz CT molecular complexity index is 413. The number of unbranched alkanes of at least 4 members (excludes halogenated alkanes) is 2. The Labute approximate surface area is 118 Å². The second-order valence-corrected chi connectivity index (χ2v) is 5.40. The molecule has 0 fully saturated rings. The van der Waals surface area contributed by atoms with Crippen molar-refractivity contribution in [2.45, 2.75) is 44.6 Å². The highest BCUT2D eigenvalue weighted by molar-refractivity contribution is 7.99. The fourth-order valence-corrected chi connectivity index (χ4v) is 2.47. The Morgan fingerprint density at radius 3 is 2.74 bits per heavy atom. The first kappa shape index (κ1) is 15.8. The van der Waals surface area contributed by atoms with Gasteiger partial charge in [0, 0.05) is 12.6 Å². The van der Waals surface area contributed by atoms with Crippen molar-refractivity contribution in [3.8, 4) is 0 Å². The van der Waals surface area contributed by atoms with E-state index in [1.165, 1.54) is 18.9 Å². The molecule has 0 aliphatic heterocycles. The molecule has 0 saturated carbocycles. The molecule has 106 valence electrons. The largest absolute Gasteiger partial charge is 0.370 e. The first-order valence-electron chi connectivity index (χ1n) is 6.70. The summed E-state index contributed by atoms with van der Waals surface area (Å²) in [6, 6.07) is 3.04. The number of hydrogen-bond acceptors (Lipinski definition) is 5. The Morgan fingerprint density at radius 2 is 2.11 bits per heavy atom. The minimum atomic E-state index is -0.366. The summed E-state index contributed by atoms with van der Waals surface area (Å²) in [5.74, 6) is 1.55. The standard InChI is InChI=1S/C13H21N3O2S/c1-3-5-6-8-19-13-10-11(16(17)18)9-12(15-13)14-7-4-2/h9-10H,3-8H2,1-2H3,(H,14,15). The highest BCUT2D eigenvalue weighted by Gasteiger charge is 2.11. The van der Waals surface area contributed by atoms with Gasteiger partial charge in [0.05, 0.1) is 11.0 Å². The predicted octanol–water partition coefficient (Wildman–Crippen LogP) is 4.09. The van der Waals surface area contributed by atoms with E-state index in [4.69, 9.17) is 0 Å². The van der Waals surface area contributed by atoms with E-state index in [1.54, 1.807) is 17.8 Å². The second kappa shape index (κ2) is 8.74. The van der Waals surface area contributed by atoms with Crippen LogP contribution in [0.2, 0.25) is 0 Å². The third kappa shape index (κ3) is 5.92. The van der Waals surface area contributed by atoms with Crippen LogP contribution < -0.4 is 5.32 Å². The lowest BCUT2D eigenvalue weighted by Gasteiger charge is -2.06. The van der Waals surface area contributed by atoms with Gasteiger partial charge in [-0.1, -0.05) is 26.7 Å². The van der Waals surface area contributed by atoms with E-state index >= 15 is 0 Å². The number of hydrogen-bond donors (Lipinski definition) is 1. The Hall–Kier alpha value is -1.30. The maximum atomic E-state index is 10.9. The monoisotopic (exact) mass is 283 g/mol. The number of rotatable bonds is 9. The molecule has 0 spiro atoms. The van der Waals surface area contributed by atoms with Crippen molar-refractivity contribution >= 4 is 23.3 Å². The Balaban J connectivity index is 2.72. The van der Waals surface area contributed by atoms with E-state index in [0.717, 1.165) is 30.2 Å². The summed E-state index contributed by atoms with van der Waals surface area (Å²) in [5.41, 5.74) is 0.103. The summed E-state index contributed by atoms with van der Waals surface area (Å²) in [7, 11) is 0. The first-order valence-corrected chi connectivity index (χ1v) is 7.69. The quantitative estimate of drug-likeness (QED) is 0.320. The van der Waals surface area contributed by atoms with Crippen LogP contribution in [0.4, 0.5) is 11.5 Å². The fourth-order valence-electron chi connectivity index (χ4n) is 1.54. The summed E-state index contributed by atoms with van der Waals surface area (Å²) in [5, 5.41) is 14.7. The molecule has 1 aromatic rings. The van der Waals surface area contributed by atoms with Gasteiger partial charge >= 0.3 is 0 Å². The van der Waals surface area contributed by atoms with Crippen molar-refractivity contribution in [2.75, 3.05) is 17.6 Å². The zero-order chi connectivity index (χ0) is 14.1. The molecule has 0 amide bonds. The van der Waals surface area contributed by atoms with Crippen LogP contribution in [0.3, 0.4) is 0 Å². The maximum absolute atomic E-state index is 10.9. The molecule has 1 heterocycles. The summed E-state index contributed by atoms with van der Waals surface area (Å²) in [6.45, 7) is 4.97. The van der Waals surface area contributed by atoms with Gasteiger partial charge in [0.15, 0.2) is 0 Å². The van der Waals surface area contributed by atoms with Crippen LogP contribution >= 0.6 is 11.8 Å². The van der Waals surface area contributed by atoms with Gasteiger partial charge in [-0.05, 0) is 18.6 Å². The van der Waals surface area contributed by atoms with Crippen LogP contribution in [0, 0.1) is 10.1 Å². The molecule has 0 unspecified atom stereocenters. The molecule has 0 aliphatic carbocycles. The third-order valence-corrected chi connectivity index (χ3v) is 3.55. The fraction of sp³-hybridized carbons (Fsp3) is 0.615. The number of thioether (sulfide) groups is 1. The molecule has 1 rings (SSSR count). The van der Waals surface area contributed by atoms with Gasteiger partial charge < -0.3 is 5.32 Å². The SMILES string of the molecule is CCCCCSc1cc([N+](=O)[O-])cc(NCCC)n1. The molecule has 5 nitrogen and oxygen atoms in total. The van der Waals surface area contributed by atoms with Crippen molar-refractivity contribution in [2.24, 2.45) is 0 Å². The average Bonchev–Trinajstić information content (AvgIpc) is 2.41. The number of nitrogens with zero attached hydrogens (tertiary/aromatic N) is 2. The van der Waals surface area contributed by atoms with Crippen LogP contribution in [0.5, 0.6) is 0 Å². The van der Waals surface area contributed by atoms with E-state index in [1.807, 2.05) is 6.92 Å². The topological polar surface area (TPSA) is 68.1 Å². The van der Waals surface area contributed by atoms with Crippen LogP contribution in [0.1, 0.15) is 39.5 Å². The molecule has 6 heteroatoms. The number of aromatic nitrogens is 1. The van der Waals surface area contributed by atoms with Crippen molar-refractivity contribution in [3.05, 3.63) is 22.2 Å². The summed E-state index contributed by atoms with van der Waals surface area (Å²) < 4.78 is 0. The normalized spacial score (nSPS) is 10.4. The lowest BCUT2D eigenvalue weighted by Crippen LogP contribution is -2.03. The minimum Gasteiger partial charge on any atom is -0.370 e. The number of nitrogens with one attached hydrogen (secondary N) is 1. The number of anilines is 1. The molecule has 0 bridgehead atoms. The van der Waals surface area contributed by atoms with Gasteiger partial charge in [-0.2, -0.15) is 0 Å². The highest BCUT2D eigenvalue weighted by atomic mass is 32.2. The molecule has 19 heavy (non-hydrogen) atoms. The average molecular weight is 283 g/mol. The molecule has 0 atom stereocenters. The molecule has 1 aromatic heterocycles. The van der Waals surface area contributed by atoms with Crippen molar-refractivity contribution in [1.29, 1.82) is 0 Å². The molecule has 0 radical (unpaired) electrons. The second-order valence-electron chi connectivity index (χ2n) is 4.29. The zero-order valence-electron chi connectivity index (χ0n) is 11.5. The van der Waals surface area contributed by atoms with Gasteiger partial charge in [-0.15, -0.1) is 11.8 Å². The smallest absolute Gasteiger partial charge is 0.275 e. The molecular formula is C13H21N3O2S. The van der Waals surface area contributed by atoms with E-state index < -0.39 is 0 Å². The molecule has 0 saturated heterocycles. The zero-order valence-corrected chi connectivity index (χ0v) is 12.3. The molecule has 1 N–H and O–H groups in total. The summed E-state index contributed by atoms with van der Waals surface area (Å²) in [6.07, 6.45) is 4.43. The molecule has 0 aliphatic rings. The van der Waals surface area contributed by atoms with Crippen LogP contribution in [-0.4, -0.2) is 22.2 Å². The van der Waals surface area contributed by atoms with E-state index in [0.29, 0.717) is 5.82 Å². The van der Waals surface area contributed by atoms with Gasteiger partial charge in [0.25, 0.3) is 5.69 Å². The summed E-state index contributed by atoms with van der Waals surface area (Å²) >= 11 is 1.58. The summed E-state index contributed by atoms with van der Waals surface area (Å²) in [4.78, 5) is 14.9. The van der Waals surface area contributed by atoms with Crippen LogP contribution in [-0.2, 0) is 0 Å². The lowest BCUT2D eigenvalue weighted by atomic mass is 10.3. The van der Waals surface area contributed by atoms with Crippen LogP contribution in [0.25, 0.3) is 0 Å². The van der Waals surface area contributed by atoms with E-state index in [2.05, 4.69) is 17.2 Å². The molecule has 0 aromatic carbocycles. The van der Waals surface area contributed by atoms with Gasteiger partial charge in [0.1, 0.15) is 10.8 Å². The number of nitro groups is 1. The van der Waals surface area contributed by atoms with Crippen molar-refractivity contribution in [3.63, 3.8) is 0 Å². The minimum absolute atomic E-state index is 0.103. The van der Waals surface area contributed by atoms with Crippen molar-refractivity contribution < 1.29 is 4.92 Å². The third-order valence-electron chi connectivity index (χ3n) is 2.55. The number of pyridine rings is 1. The van der Waals surface area contributed by atoms with Gasteiger partial charge in [0.2, 0.25) is 0 Å². The Morgan fingerprint density at radius 1 is 1.32 bits per heavy atom.